The molecule has 0 amide bonds. The first-order chi connectivity index (χ1) is 12.8. The lowest BCUT2D eigenvalue weighted by atomic mass is 9.90. The van der Waals surface area contributed by atoms with Crippen LogP contribution in [0, 0.1) is 0 Å². The van der Waals surface area contributed by atoms with Crippen LogP contribution in [0.15, 0.2) is 24.3 Å². The SMILES string of the molecule is CC1(C)CCC(C)(c2cccc(OC(C(F)(F)F)(C(F)(F)F)C(F)(F)F)c2)N1O. The van der Waals surface area contributed by atoms with Crippen molar-refractivity contribution in [3.8, 4) is 5.75 Å². The van der Waals surface area contributed by atoms with Gasteiger partial charge in [-0.25, -0.2) is 0 Å². The summed E-state index contributed by atoms with van der Waals surface area (Å²) in [6, 6.07) is 3.44. The van der Waals surface area contributed by atoms with Crippen molar-refractivity contribution in [2.45, 2.75) is 68.8 Å². The van der Waals surface area contributed by atoms with Crippen molar-refractivity contribution in [1.82, 2.24) is 5.06 Å². The van der Waals surface area contributed by atoms with Gasteiger partial charge < -0.3 is 9.94 Å². The molecule has 1 aromatic carbocycles. The van der Waals surface area contributed by atoms with Crippen LogP contribution in [0.4, 0.5) is 39.5 Å². The highest BCUT2D eigenvalue weighted by atomic mass is 19.4. The van der Waals surface area contributed by atoms with Gasteiger partial charge in [-0.15, -0.1) is 0 Å². The molecule has 1 heterocycles. The first-order valence-electron chi connectivity index (χ1n) is 8.28. The number of ether oxygens (including phenoxy) is 1. The van der Waals surface area contributed by atoms with Gasteiger partial charge >= 0.3 is 24.1 Å². The van der Waals surface area contributed by atoms with Crippen LogP contribution in [-0.2, 0) is 5.54 Å². The monoisotopic (exact) mass is 439 g/mol. The van der Waals surface area contributed by atoms with E-state index in [1.165, 1.54) is 13.0 Å². The van der Waals surface area contributed by atoms with E-state index in [4.69, 9.17) is 0 Å². The summed E-state index contributed by atoms with van der Waals surface area (Å²) in [7, 11) is 0. The minimum absolute atomic E-state index is 0.00324. The fraction of sp³-hybridized carbons (Fsp3) is 0.647. The van der Waals surface area contributed by atoms with Gasteiger partial charge in [0.15, 0.2) is 0 Å². The molecule has 29 heavy (non-hydrogen) atoms. The molecule has 0 aromatic heterocycles. The molecule has 166 valence electrons. The third-order valence-electron chi connectivity index (χ3n) is 5.19. The van der Waals surface area contributed by atoms with E-state index in [2.05, 4.69) is 4.74 Å². The Bertz CT molecular complexity index is 718. The number of hydrogen-bond donors (Lipinski definition) is 1. The maximum atomic E-state index is 13.1. The fourth-order valence-electron chi connectivity index (χ4n) is 3.42. The van der Waals surface area contributed by atoms with Crippen molar-refractivity contribution >= 4 is 0 Å². The average molecular weight is 439 g/mol. The second kappa shape index (κ2) is 6.66. The van der Waals surface area contributed by atoms with Gasteiger partial charge in [-0.2, -0.15) is 44.6 Å². The first kappa shape index (κ1) is 23.6. The summed E-state index contributed by atoms with van der Waals surface area (Å²) in [6.45, 7) is 4.77. The quantitative estimate of drug-likeness (QED) is 0.589. The van der Waals surface area contributed by atoms with Crippen molar-refractivity contribution in [3.63, 3.8) is 0 Å². The molecular weight excluding hydrogens is 421 g/mol. The van der Waals surface area contributed by atoms with E-state index in [9.17, 15) is 44.7 Å². The number of hydroxylamine groups is 2. The van der Waals surface area contributed by atoms with Crippen molar-refractivity contribution in [2.75, 3.05) is 0 Å². The maximum Gasteiger partial charge on any atom is 0.447 e. The van der Waals surface area contributed by atoms with Crippen LogP contribution in [0.1, 0.15) is 39.2 Å². The number of rotatable bonds is 3. The summed E-state index contributed by atoms with van der Waals surface area (Å²) in [5.41, 5.74) is -8.41. The smallest absolute Gasteiger partial charge is 0.447 e. The predicted molar refractivity (Wildman–Crippen MR) is 82.3 cm³/mol. The van der Waals surface area contributed by atoms with E-state index >= 15 is 0 Å². The van der Waals surface area contributed by atoms with Crippen molar-refractivity contribution in [3.05, 3.63) is 29.8 Å². The van der Waals surface area contributed by atoms with Crippen LogP contribution in [-0.4, -0.2) is 39.9 Å². The Kier molecular flexibility index (Phi) is 5.42. The number of hydrogen-bond acceptors (Lipinski definition) is 3. The first-order valence-corrected chi connectivity index (χ1v) is 8.28. The van der Waals surface area contributed by atoms with E-state index in [0.717, 1.165) is 11.1 Å². The highest BCUT2D eigenvalue weighted by Gasteiger charge is 2.87. The van der Waals surface area contributed by atoms with Crippen LogP contribution in [0.25, 0.3) is 0 Å². The van der Waals surface area contributed by atoms with Crippen LogP contribution in [0.2, 0.25) is 0 Å². The molecule has 0 radical (unpaired) electrons. The normalized spacial score (nSPS) is 24.0. The van der Waals surface area contributed by atoms with Crippen LogP contribution >= 0.6 is 0 Å². The largest absolute Gasteiger partial charge is 0.462 e. The number of alkyl halides is 9. The number of halogens is 9. The summed E-state index contributed by atoms with van der Waals surface area (Å²) < 4.78 is 121. The van der Waals surface area contributed by atoms with Crippen molar-refractivity contribution in [2.24, 2.45) is 0 Å². The zero-order valence-electron chi connectivity index (χ0n) is 15.4. The van der Waals surface area contributed by atoms with E-state index in [1.807, 2.05) is 0 Å². The summed E-state index contributed by atoms with van der Waals surface area (Å²) in [5, 5.41) is 11.3. The second-order valence-electron chi connectivity index (χ2n) is 7.70. The van der Waals surface area contributed by atoms with E-state index in [0.29, 0.717) is 18.6 Å². The molecule has 1 aliphatic heterocycles. The summed E-state index contributed by atoms with van der Waals surface area (Å²) in [5.74, 6) is -1.28. The third-order valence-corrected chi connectivity index (χ3v) is 5.19. The van der Waals surface area contributed by atoms with Crippen LogP contribution in [0.3, 0.4) is 0 Å². The molecule has 1 unspecified atom stereocenters. The van der Waals surface area contributed by atoms with Gasteiger partial charge in [0.2, 0.25) is 0 Å². The highest BCUT2D eigenvalue weighted by Crippen LogP contribution is 2.55. The Morgan fingerprint density at radius 3 is 1.72 bits per heavy atom. The topological polar surface area (TPSA) is 32.7 Å². The molecule has 2 rings (SSSR count). The molecular formula is C17H18F9NO2. The Balaban J connectivity index is 2.57. The number of benzene rings is 1. The molecule has 1 N–H and O–H groups in total. The van der Waals surface area contributed by atoms with Gasteiger partial charge in [0.25, 0.3) is 0 Å². The van der Waals surface area contributed by atoms with Gasteiger partial charge in [-0.05, 0) is 51.3 Å². The standard InChI is InChI=1S/C17H18F9NO2/c1-12(2)7-8-13(3,27(12)28)10-5-4-6-11(9-10)29-14(15(18,19)20,16(21,22)23)17(24,25)26/h4-6,9,28H,7-8H2,1-3H3. The molecule has 1 aromatic rings. The lowest BCUT2D eigenvalue weighted by Crippen LogP contribution is -2.69. The lowest BCUT2D eigenvalue weighted by molar-refractivity contribution is -0.436. The molecule has 0 aliphatic carbocycles. The third kappa shape index (κ3) is 3.65. The molecule has 0 saturated carbocycles. The summed E-state index contributed by atoms with van der Waals surface area (Å²) in [6.07, 6.45) is -19.8. The highest BCUT2D eigenvalue weighted by molar-refractivity contribution is 5.35. The van der Waals surface area contributed by atoms with Gasteiger partial charge in [-0.3, -0.25) is 0 Å². The van der Waals surface area contributed by atoms with Gasteiger partial charge in [0.1, 0.15) is 5.75 Å². The second-order valence-corrected chi connectivity index (χ2v) is 7.70. The number of nitrogens with zero attached hydrogens (tertiary/aromatic N) is 1. The lowest BCUT2D eigenvalue weighted by Gasteiger charge is -2.39. The summed E-state index contributed by atoms with van der Waals surface area (Å²) in [4.78, 5) is 0. The van der Waals surface area contributed by atoms with Crippen LogP contribution < -0.4 is 4.74 Å². The zero-order chi connectivity index (χ0) is 22.7. The minimum Gasteiger partial charge on any atom is -0.462 e. The maximum absolute atomic E-state index is 13.1. The molecule has 0 bridgehead atoms. The summed E-state index contributed by atoms with van der Waals surface area (Å²) >= 11 is 0. The fourth-order valence-corrected chi connectivity index (χ4v) is 3.42. The van der Waals surface area contributed by atoms with Gasteiger partial charge in [0.05, 0.1) is 5.54 Å². The van der Waals surface area contributed by atoms with E-state index < -0.39 is 41.0 Å². The van der Waals surface area contributed by atoms with Gasteiger partial charge in [0, 0.05) is 5.54 Å². The Hall–Kier alpha value is -1.69. The van der Waals surface area contributed by atoms with Crippen LogP contribution in [0.5, 0.6) is 5.75 Å². The average Bonchev–Trinajstić information content (AvgIpc) is 2.74. The molecule has 0 spiro atoms. The van der Waals surface area contributed by atoms with E-state index in [1.54, 1.807) is 13.8 Å². The molecule has 1 atom stereocenters. The minimum atomic E-state index is -6.83. The van der Waals surface area contributed by atoms with E-state index in [-0.39, 0.29) is 12.0 Å². The Labute approximate surface area is 160 Å². The molecule has 1 saturated heterocycles. The van der Waals surface area contributed by atoms with Gasteiger partial charge in [-0.1, -0.05) is 12.1 Å². The molecule has 3 nitrogen and oxygen atoms in total. The molecule has 12 heteroatoms. The predicted octanol–water partition coefficient (Wildman–Crippen LogP) is 5.97. The molecule has 1 fully saturated rings. The Morgan fingerprint density at radius 1 is 0.862 bits per heavy atom. The Morgan fingerprint density at radius 2 is 1.34 bits per heavy atom. The van der Waals surface area contributed by atoms with Crippen molar-refractivity contribution in [1.29, 1.82) is 0 Å². The zero-order valence-corrected chi connectivity index (χ0v) is 15.4. The molecule has 1 aliphatic rings. The van der Waals surface area contributed by atoms with Crippen molar-refractivity contribution < 1.29 is 49.5 Å².